The Bertz CT molecular complexity index is 1350. The van der Waals surface area contributed by atoms with E-state index in [0.717, 1.165) is 74.9 Å². The zero-order chi connectivity index (χ0) is 27.7. The highest BCUT2D eigenvalue weighted by atomic mass is 35.5. The lowest BCUT2D eigenvalue weighted by molar-refractivity contribution is 0.0966. The van der Waals surface area contributed by atoms with Gasteiger partial charge in [-0.15, -0.1) is 0 Å². The molecule has 0 saturated carbocycles. The third-order valence-corrected chi connectivity index (χ3v) is 9.61. The molecule has 1 N–H and O–H groups in total. The van der Waals surface area contributed by atoms with Crippen molar-refractivity contribution in [1.29, 1.82) is 0 Å². The van der Waals surface area contributed by atoms with Gasteiger partial charge in [0.25, 0.3) is 0 Å². The summed E-state index contributed by atoms with van der Waals surface area (Å²) >= 11 is 12.8. The van der Waals surface area contributed by atoms with Crippen LogP contribution in [0.25, 0.3) is 11.3 Å². The van der Waals surface area contributed by atoms with Gasteiger partial charge in [0.1, 0.15) is 11.6 Å². The van der Waals surface area contributed by atoms with Crippen molar-refractivity contribution < 1.29 is 4.74 Å². The molecule has 0 amide bonds. The Morgan fingerprint density at radius 2 is 2.02 bits per heavy atom. The summed E-state index contributed by atoms with van der Waals surface area (Å²) < 4.78 is 5.97. The molecule has 6 nitrogen and oxygen atoms in total. The molecule has 0 radical (unpaired) electrons. The first-order valence-electron chi connectivity index (χ1n) is 14.7. The lowest BCUT2D eigenvalue weighted by Crippen LogP contribution is -2.58. The summed E-state index contributed by atoms with van der Waals surface area (Å²) in [5.41, 5.74) is 4.70. The highest BCUT2D eigenvalue weighted by Gasteiger charge is 2.49. The van der Waals surface area contributed by atoms with Crippen molar-refractivity contribution in [2.45, 2.75) is 57.5 Å². The smallest absolute Gasteiger partial charge is 0.147 e. The van der Waals surface area contributed by atoms with E-state index in [4.69, 9.17) is 32.9 Å². The van der Waals surface area contributed by atoms with Gasteiger partial charge in [-0.2, -0.15) is 0 Å². The molecular weight excluding hydrogens is 541 g/mol. The minimum Gasteiger partial charge on any atom is -0.493 e. The number of piperidine rings is 1. The van der Waals surface area contributed by atoms with Crippen LogP contribution >= 0.6 is 23.2 Å². The number of fused-ring (bicyclic) bond motifs is 2. The number of halogens is 2. The van der Waals surface area contributed by atoms with Crippen molar-refractivity contribution in [1.82, 2.24) is 20.2 Å². The predicted octanol–water partition coefficient (Wildman–Crippen LogP) is 6.59. The number of hydrogen-bond donors (Lipinski definition) is 1. The molecule has 0 bridgehead atoms. The number of nitrogens with one attached hydrogen (secondary N) is 1. The fraction of sp³-hybridized carbons (Fsp3) is 0.500. The molecule has 40 heavy (non-hydrogen) atoms. The van der Waals surface area contributed by atoms with Gasteiger partial charge in [-0.3, -0.25) is 9.88 Å². The maximum absolute atomic E-state index is 6.62. The van der Waals surface area contributed by atoms with Crippen molar-refractivity contribution >= 4 is 29.0 Å². The van der Waals surface area contributed by atoms with E-state index in [1.165, 1.54) is 24.1 Å². The second-order valence-corrected chi connectivity index (χ2v) is 12.3. The van der Waals surface area contributed by atoms with Gasteiger partial charge in [-0.25, -0.2) is 4.98 Å². The van der Waals surface area contributed by atoms with Crippen LogP contribution in [0.2, 0.25) is 10.0 Å². The molecule has 3 aromatic rings. The van der Waals surface area contributed by atoms with Gasteiger partial charge in [-0.05, 0) is 68.5 Å². The molecule has 3 aliphatic rings. The summed E-state index contributed by atoms with van der Waals surface area (Å²) in [6.07, 6.45) is 6.32. The molecule has 5 heterocycles. The molecule has 212 valence electrons. The van der Waals surface area contributed by atoms with E-state index in [1.807, 2.05) is 19.1 Å². The Morgan fingerprint density at radius 1 is 1.15 bits per heavy atom. The van der Waals surface area contributed by atoms with Crippen LogP contribution in [0.5, 0.6) is 5.75 Å². The average Bonchev–Trinajstić information content (AvgIpc) is 3.47. The molecule has 3 unspecified atom stereocenters. The summed E-state index contributed by atoms with van der Waals surface area (Å²) in [5, 5.41) is 4.91. The molecule has 3 aliphatic heterocycles. The van der Waals surface area contributed by atoms with Crippen molar-refractivity contribution in [3.63, 3.8) is 0 Å². The van der Waals surface area contributed by atoms with Crippen LogP contribution in [0.3, 0.4) is 0 Å². The molecule has 2 saturated heterocycles. The van der Waals surface area contributed by atoms with E-state index in [-0.39, 0.29) is 5.41 Å². The molecule has 2 aromatic heterocycles. The molecule has 0 aliphatic carbocycles. The number of aromatic nitrogens is 2. The first-order valence-corrected chi connectivity index (χ1v) is 15.5. The largest absolute Gasteiger partial charge is 0.493 e. The van der Waals surface area contributed by atoms with Crippen LogP contribution in [-0.2, 0) is 12.0 Å². The molecule has 1 aromatic carbocycles. The Hall–Kier alpha value is -2.38. The second kappa shape index (κ2) is 11.8. The quantitative estimate of drug-likeness (QED) is 0.340. The van der Waals surface area contributed by atoms with Gasteiger partial charge in [0.05, 0.1) is 28.0 Å². The zero-order valence-corrected chi connectivity index (χ0v) is 25.0. The normalized spacial score (nSPS) is 24.9. The van der Waals surface area contributed by atoms with Crippen LogP contribution in [0.15, 0.2) is 48.7 Å². The molecular formula is C32H39Cl2N5O. The van der Waals surface area contributed by atoms with E-state index >= 15 is 0 Å². The summed E-state index contributed by atoms with van der Waals surface area (Å²) in [7, 11) is 0. The van der Waals surface area contributed by atoms with Gasteiger partial charge in [-0.1, -0.05) is 54.7 Å². The summed E-state index contributed by atoms with van der Waals surface area (Å²) in [4.78, 5) is 15.0. The van der Waals surface area contributed by atoms with Crippen molar-refractivity contribution in [3.8, 4) is 17.0 Å². The number of para-hydroxylation sites is 1. The van der Waals surface area contributed by atoms with Crippen LogP contribution in [0, 0.1) is 5.92 Å². The van der Waals surface area contributed by atoms with E-state index in [9.17, 15) is 0 Å². The van der Waals surface area contributed by atoms with Crippen LogP contribution in [0.4, 0.5) is 5.82 Å². The van der Waals surface area contributed by atoms with E-state index in [0.29, 0.717) is 28.6 Å². The SMILES string of the molecule is CCOc1ccccc1-c1ccc2c(n1)CN(CC1CCCN1)CC21CCN(c2ncc(Cl)cc2Cl)CC1CC. The van der Waals surface area contributed by atoms with E-state index < -0.39 is 0 Å². The van der Waals surface area contributed by atoms with E-state index in [1.54, 1.807) is 12.3 Å². The highest BCUT2D eigenvalue weighted by Crippen LogP contribution is 2.48. The number of pyridine rings is 2. The average molecular weight is 581 g/mol. The van der Waals surface area contributed by atoms with E-state index in [2.05, 4.69) is 51.3 Å². The molecule has 6 rings (SSSR count). The lowest BCUT2D eigenvalue weighted by atomic mass is 9.62. The first-order chi connectivity index (χ1) is 19.5. The summed E-state index contributed by atoms with van der Waals surface area (Å²) in [6.45, 7) is 10.9. The van der Waals surface area contributed by atoms with Gasteiger partial charge in [0, 0.05) is 55.9 Å². The Balaban J connectivity index is 1.37. The predicted molar refractivity (Wildman–Crippen MR) is 164 cm³/mol. The van der Waals surface area contributed by atoms with Gasteiger partial charge >= 0.3 is 0 Å². The van der Waals surface area contributed by atoms with Crippen LogP contribution in [-0.4, -0.2) is 60.2 Å². The number of rotatable bonds is 7. The van der Waals surface area contributed by atoms with Crippen LogP contribution in [0.1, 0.15) is 50.8 Å². The number of benzene rings is 1. The maximum Gasteiger partial charge on any atom is 0.147 e. The number of anilines is 1. The highest BCUT2D eigenvalue weighted by molar-refractivity contribution is 6.36. The lowest BCUT2D eigenvalue weighted by Gasteiger charge is -2.53. The Kier molecular flexibility index (Phi) is 8.23. The second-order valence-electron chi connectivity index (χ2n) is 11.5. The monoisotopic (exact) mass is 579 g/mol. The summed E-state index contributed by atoms with van der Waals surface area (Å²) in [6, 6.07) is 15.2. The van der Waals surface area contributed by atoms with Gasteiger partial charge < -0.3 is 15.0 Å². The number of hydrogen-bond acceptors (Lipinski definition) is 6. The topological polar surface area (TPSA) is 53.5 Å². The molecule has 3 atom stereocenters. The minimum absolute atomic E-state index is 0.0291. The number of nitrogens with zero attached hydrogens (tertiary/aromatic N) is 4. The standard InChI is InChI=1S/C32H39Cl2N5O/c1-3-22-18-39(31-27(34)16-23(33)17-36-31)15-13-32(22)21-38(19-24-8-7-14-35-24)20-29-26(32)11-12-28(37-29)25-9-5-6-10-30(25)40-4-2/h5-6,9-12,16-17,22,24,35H,3-4,7-8,13-15,18-21H2,1-2H3. The maximum atomic E-state index is 6.62. The third kappa shape index (κ3) is 5.32. The zero-order valence-electron chi connectivity index (χ0n) is 23.5. The Morgan fingerprint density at radius 3 is 2.80 bits per heavy atom. The molecule has 2 fully saturated rings. The Labute approximate surface area is 248 Å². The summed E-state index contributed by atoms with van der Waals surface area (Å²) in [5.74, 6) is 2.17. The van der Waals surface area contributed by atoms with Crippen molar-refractivity contribution in [3.05, 3.63) is 70.0 Å². The fourth-order valence-corrected chi connectivity index (χ4v) is 7.78. The minimum atomic E-state index is 0.0291. The third-order valence-electron chi connectivity index (χ3n) is 9.12. The van der Waals surface area contributed by atoms with Crippen LogP contribution < -0.4 is 15.0 Å². The fourth-order valence-electron chi connectivity index (χ4n) is 7.28. The number of ether oxygens (including phenoxy) is 1. The van der Waals surface area contributed by atoms with Gasteiger partial charge in [0.2, 0.25) is 0 Å². The van der Waals surface area contributed by atoms with Crippen molar-refractivity contribution in [2.24, 2.45) is 5.92 Å². The van der Waals surface area contributed by atoms with Crippen molar-refractivity contribution in [2.75, 3.05) is 44.2 Å². The molecule has 8 heteroatoms. The first kappa shape index (κ1) is 27.8. The molecule has 1 spiro atoms. The van der Waals surface area contributed by atoms with Gasteiger partial charge in [0.15, 0.2) is 0 Å².